The Morgan fingerprint density at radius 3 is 2.37 bits per heavy atom. The molecule has 0 radical (unpaired) electrons. The summed E-state index contributed by atoms with van der Waals surface area (Å²) in [5.41, 5.74) is 2.35. The second kappa shape index (κ2) is 11.0. The van der Waals surface area contributed by atoms with Crippen LogP contribution in [0.5, 0.6) is 0 Å². The molecule has 0 spiro atoms. The fourth-order valence-electron chi connectivity index (χ4n) is 3.49. The Bertz CT molecular complexity index is 1310. The summed E-state index contributed by atoms with van der Waals surface area (Å²) in [6.45, 7) is 3.83. The normalized spacial score (nSPS) is 11.0. The molecule has 0 unspecified atom stereocenters. The molecule has 0 saturated heterocycles. The monoisotopic (exact) mass is 494 g/mol. The maximum atomic E-state index is 13.5. The first-order valence-electron chi connectivity index (χ1n) is 11.0. The quantitative estimate of drug-likeness (QED) is 0.264. The van der Waals surface area contributed by atoms with Crippen LogP contribution >= 0.6 is 11.3 Å². The largest absolute Gasteiger partial charge is 0.465 e. The maximum Gasteiger partial charge on any atom is 0.328 e. The molecule has 180 valence electrons. The number of nitrogens with zero attached hydrogens (tertiary/aromatic N) is 3. The van der Waals surface area contributed by atoms with E-state index in [1.54, 1.807) is 32.2 Å². The molecular formula is C25H23FN4O4S. The molecule has 8 nitrogen and oxygen atoms in total. The minimum atomic E-state index is -1.42. The Morgan fingerprint density at radius 1 is 1.03 bits per heavy atom. The van der Waals surface area contributed by atoms with Crippen molar-refractivity contribution in [3.8, 4) is 11.1 Å². The van der Waals surface area contributed by atoms with E-state index in [9.17, 15) is 14.0 Å². The highest BCUT2D eigenvalue weighted by molar-refractivity contribution is 7.17. The first-order valence-corrected chi connectivity index (χ1v) is 11.9. The van der Waals surface area contributed by atoms with E-state index in [1.807, 2.05) is 23.6 Å². The van der Waals surface area contributed by atoms with Crippen molar-refractivity contribution in [3.05, 3.63) is 71.4 Å². The van der Waals surface area contributed by atoms with E-state index >= 15 is 0 Å². The van der Waals surface area contributed by atoms with Gasteiger partial charge in [0, 0.05) is 17.1 Å². The number of thiophene rings is 1. The lowest BCUT2D eigenvalue weighted by Crippen LogP contribution is -2.28. The summed E-state index contributed by atoms with van der Waals surface area (Å²) in [5, 5.41) is 5.83. The van der Waals surface area contributed by atoms with Gasteiger partial charge < -0.3 is 14.8 Å². The summed E-state index contributed by atoms with van der Waals surface area (Å²) < 4.78 is 23.7. The van der Waals surface area contributed by atoms with Crippen LogP contribution in [0.15, 0.2) is 54.0 Å². The predicted molar refractivity (Wildman–Crippen MR) is 130 cm³/mol. The number of pyridine rings is 1. The predicted octanol–water partition coefficient (Wildman–Crippen LogP) is 4.71. The number of hydrogen-bond acceptors (Lipinski definition) is 9. The summed E-state index contributed by atoms with van der Waals surface area (Å²) in [6.07, 6.45) is 1.68. The highest BCUT2D eigenvalue weighted by Gasteiger charge is 2.35. The third-order valence-electron chi connectivity index (χ3n) is 5.07. The van der Waals surface area contributed by atoms with E-state index in [0.717, 1.165) is 16.8 Å². The summed E-state index contributed by atoms with van der Waals surface area (Å²) in [7, 11) is 0. The maximum absolute atomic E-state index is 13.5. The van der Waals surface area contributed by atoms with Crippen molar-refractivity contribution in [3.63, 3.8) is 0 Å². The number of benzene rings is 1. The number of hydrogen-bond donors (Lipinski definition) is 1. The Morgan fingerprint density at radius 2 is 1.74 bits per heavy atom. The molecule has 0 atom stereocenters. The molecule has 0 aliphatic heterocycles. The van der Waals surface area contributed by atoms with Gasteiger partial charge in [-0.2, -0.15) is 0 Å². The molecule has 4 rings (SSSR count). The standard InChI is InChI=1S/C25H23FN4O4S/c1-3-33-24(31)20(25(32)34-4-2)22-29-21(28-13-17-7-5-6-12-27-17)19-18(14-35-23(19)30-22)15-8-10-16(26)11-9-15/h5-12,14,20H,3-4,13H2,1-2H3,(H,28,29,30). The highest BCUT2D eigenvalue weighted by atomic mass is 32.1. The van der Waals surface area contributed by atoms with Crippen LogP contribution in [0.3, 0.4) is 0 Å². The van der Waals surface area contributed by atoms with Gasteiger partial charge in [-0.15, -0.1) is 11.3 Å². The van der Waals surface area contributed by atoms with Gasteiger partial charge in [0.25, 0.3) is 0 Å². The van der Waals surface area contributed by atoms with E-state index in [2.05, 4.69) is 20.3 Å². The topological polar surface area (TPSA) is 103 Å². The Balaban J connectivity index is 1.84. The van der Waals surface area contributed by atoms with Crippen LogP contribution in [0.2, 0.25) is 0 Å². The molecule has 1 N–H and O–H groups in total. The molecule has 10 heteroatoms. The van der Waals surface area contributed by atoms with Gasteiger partial charge in [0.15, 0.2) is 5.82 Å². The average molecular weight is 495 g/mol. The highest BCUT2D eigenvalue weighted by Crippen LogP contribution is 2.38. The zero-order valence-electron chi connectivity index (χ0n) is 19.2. The van der Waals surface area contributed by atoms with Gasteiger partial charge in [0.05, 0.1) is 30.8 Å². The minimum absolute atomic E-state index is 0.0228. The van der Waals surface area contributed by atoms with Crippen molar-refractivity contribution in [1.82, 2.24) is 15.0 Å². The van der Waals surface area contributed by atoms with E-state index in [4.69, 9.17) is 9.47 Å². The van der Waals surface area contributed by atoms with Gasteiger partial charge in [0.2, 0.25) is 5.92 Å². The molecule has 3 heterocycles. The molecule has 4 aromatic rings. The van der Waals surface area contributed by atoms with E-state index < -0.39 is 17.9 Å². The molecule has 0 bridgehead atoms. The Kier molecular flexibility index (Phi) is 7.61. The number of anilines is 1. The SMILES string of the molecule is CCOC(=O)C(C(=O)OCC)c1nc(NCc2ccccn2)c2c(-c3ccc(F)cc3)csc2n1. The average Bonchev–Trinajstić information content (AvgIpc) is 3.28. The van der Waals surface area contributed by atoms with Crippen molar-refractivity contribution < 1.29 is 23.5 Å². The number of esters is 2. The molecule has 3 aromatic heterocycles. The minimum Gasteiger partial charge on any atom is -0.465 e. The van der Waals surface area contributed by atoms with Crippen LogP contribution in [-0.4, -0.2) is 40.1 Å². The van der Waals surface area contributed by atoms with Gasteiger partial charge >= 0.3 is 11.9 Å². The van der Waals surface area contributed by atoms with Crippen molar-refractivity contribution >= 4 is 39.3 Å². The third-order valence-corrected chi connectivity index (χ3v) is 5.94. The summed E-state index contributed by atoms with van der Waals surface area (Å²) in [4.78, 5) is 39.4. The van der Waals surface area contributed by atoms with Gasteiger partial charge in [-0.1, -0.05) is 18.2 Å². The smallest absolute Gasteiger partial charge is 0.328 e. The second-order valence-electron chi connectivity index (χ2n) is 7.38. The first kappa shape index (κ1) is 24.2. The van der Waals surface area contributed by atoms with Crippen LogP contribution < -0.4 is 5.32 Å². The van der Waals surface area contributed by atoms with Crippen LogP contribution in [-0.2, 0) is 25.6 Å². The summed E-state index contributed by atoms with van der Waals surface area (Å²) in [5.74, 6) is -2.94. The zero-order chi connectivity index (χ0) is 24.8. The lowest BCUT2D eigenvalue weighted by molar-refractivity contribution is -0.157. The molecular weight excluding hydrogens is 471 g/mol. The molecule has 1 aromatic carbocycles. The number of carbonyl (C=O) groups excluding carboxylic acids is 2. The number of halogens is 1. The van der Waals surface area contributed by atoms with Crippen LogP contribution in [0.4, 0.5) is 10.2 Å². The molecule has 35 heavy (non-hydrogen) atoms. The number of aromatic nitrogens is 3. The second-order valence-corrected chi connectivity index (χ2v) is 8.24. The van der Waals surface area contributed by atoms with E-state index in [1.165, 1.54) is 23.5 Å². The van der Waals surface area contributed by atoms with Gasteiger partial charge in [-0.3, -0.25) is 14.6 Å². The molecule has 0 saturated carbocycles. The molecule has 0 aliphatic carbocycles. The summed E-state index contributed by atoms with van der Waals surface area (Å²) >= 11 is 1.33. The van der Waals surface area contributed by atoms with Crippen molar-refractivity contribution in [1.29, 1.82) is 0 Å². The fraction of sp³-hybridized carbons (Fsp3) is 0.240. The van der Waals surface area contributed by atoms with Crippen LogP contribution in [0, 0.1) is 5.82 Å². The lowest BCUT2D eigenvalue weighted by atomic mass is 10.1. The van der Waals surface area contributed by atoms with Crippen molar-refractivity contribution in [2.24, 2.45) is 0 Å². The molecule has 0 fully saturated rings. The summed E-state index contributed by atoms with van der Waals surface area (Å²) in [6, 6.07) is 11.7. The van der Waals surface area contributed by atoms with E-state index in [0.29, 0.717) is 22.6 Å². The zero-order valence-corrected chi connectivity index (χ0v) is 20.0. The lowest BCUT2D eigenvalue weighted by Gasteiger charge is -2.15. The Labute approximate surface area is 205 Å². The number of ether oxygens (including phenoxy) is 2. The van der Waals surface area contributed by atoms with Gasteiger partial charge in [0.1, 0.15) is 16.5 Å². The number of rotatable bonds is 9. The fourth-order valence-corrected chi connectivity index (χ4v) is 4.45. The number of fused-ring (bicyclic) bond motifs is 1. The van der Waals surface area contributed by atoms with Crippen LogP contribution in [0.1, 0.15) is 31.3 Å². The first-order chi connectivity index (χ1) is 17.0. The van der Waals surface area contributed by atoms with Crippen molar-refractivity contribution in [2.45, 2.75) is 26.3 Å². The van der Waals surface area contributed by atoms with E-state index in [-0.39, 0.29) is 24.9 Å². The number of carbonyl (C=O) groups is 2. The van der Waals surface area contributed by atoms with Crippen LogP contribution in [0.25, 0.3) is 21.3 Å². The molecule has 0 amide bonds. The number of nitrogens with one attached hydrogen (secondary N) is 1. The van der Waals surface area contributed by atoms with Crippen molar-refractivity contribution in [2.75, 3.05) is 18.5 Å². The van der Waals surface area contributed by atoms with Gasteiger partial charge in [-0.25, -0.2) is 14.4 Å². The Hall–Kier alpha value is -3.92. The van der Waals surface area contributed by atoms with Gasteiger partial charge in [-0.05, 0) is 43.7 Å². The molecule has 0 aliphatic rings. The third kappa shape index (κ3) is 5.43.